The van der Waals surface area contributed by atoms with Crippen molar-refractivity contribution < 1.29 is 0 Å². The number of hydrogen-bond donors (Lipinski definition) is 0. The van der Waals surface area contributed by atoms with Crippen molar-refractivity contribution in [3.8, 4) is 11.6 Å². The lowest BCUT2D eigenvalue weighted by Gasteiger charge is -2.14. The van der Waals surface area contributed by atoms with Gasteiger partial charge in [-0.15, -0.1) is 0 Å². The Labute approximate surface area is 244 Å². The Morgan fingerprint density at radius 3 is 1.58 bits per heavy atom. The molecule has 0 atom stereocenters. The van der Waals surface area contributed by atoms with Gasteiger partial charge in [-0.25, -0.2) is 4.98 Å². The van der Waals surface area contributed by atoms with Crippen molar-refractivity contribution >= 4 is 71.1 Å². The average Bonchev–Trinajstić information content (AvgIpc) is 3.73. The number of aromatic nitrogens is 6. The molecule has 43 heavy (non-hydrogen) atoms. The summed E-state index contributed by atoms with van der Waals surface area (Å²) in [4.78, 5) is 14.9. The lowest BCUT2D eigenvalue weighted by atomic mass is 10.1. The second-order valence-electron chi connectivity index (χ2n) is 10.9. The molecule has 0 saturated carbocycles. The van der Waals surface area contributed by atoms with Gasteiger partial charge >= 0.3 is 0 Å². The molecule has 0 aliphatic rings. The van der Waals surface area contributed by atoms with Gasteiger partial charge in [0.2, 0.25) is 0 Å². The maximum absolute atomic E-state index is 5.55. The van der Waals surface area contributed by atoms with Crippen LogP contribution in [0.15, 0.2) is 134 Å². The van der Waals surface area contributed by atoms with Gasteiger partial charge in [0.25, 0.3) is 0 Å². The Morgan fingerprint density at radius 1 is 0.442 bits per heavy atom. The van der Waals surface area contributed by atoms with Gasteiger partial charge in [0.15, 0.2) is 17.3 Å². The summed E-state index contributed by atoms with van der Waals surface area (Å²) in [5.74, 6) is 1.83. The quantitative estimate of drug-likeness (QED) is 0.203. The number of benzene rings is 4. The number of fused-ring (bicyclic) bond motifs is 12. The van der Waals surface area contributed by atoms with E-state index in [1.54, 1.807) is 0 Å². The van der Waals surface area contributed by atoms with Crippen molar-refractivity contribution in [1.82, 2.24) is 28.5 Å². The van der Waals surface area contributed by atoms with E-state index in [-0.39, 0.29) is 0 Å². The molecule has 0 bridgehead atoms. The third kappa shape index (κ3) is 2.89. The Balaban J connectivity index is 1.53. The number of para-hydroxylation sites is 4. The molecule has 0 spiro atoms. The summed E-state index contributed by atoms with van der Waals surface area (Å²) in [6, 6.07) is 40.7. The SMILES string of the molecule is c1ccc2c(c1)c1ccccc1n2-c1nc2c3cccnc3c3cnccc3n2c1-n1c2ccccc2c2ccccc21. The van der Waals surface area contributed by atoms with Crippen LogP contribution in [0.1, 0.15) is 0 Å². The molecule has 6 heteroatoms. The van der Waals surface area contributed by atoms with E-state index in [0.29, 0.717) is 0 Å². The maximum atomic E-state index is 5.55. The number of imidazole rings is 1. The first kappa shape index (κ1) is 22.7. The fraction of sp³-hybridized carbons (Fsp3) is 0. The number of hydrogen-bond acceptors (Lipinski definition) is 3. The van der Waals surface area contributed by atoms with Gasteiger partial charge in [0.05, 0.1) is 33.1 Å². The summed E-state index contributed by atoms with van der Waals surface area (Å²) in [5.41, 5.74) is 7.24. The third-order valence-electron chi connectivity index (χ3n) is 8.76. The van der Waals surface area contributed by atoms with Crippen molar-refractivity contribution in [2.75, 3.05) is 0 Å². The van der Waals surface area contributed by atoms with Crippen LogP contribution in [0.2, 0.25) is 0 Å². The molecule has 0 fully saturated rings. The molecule has 0 radical (unpaired) electrons. The standard InChI is InChI=1S/C37H22N6/c1-5-15-29-23(10-1)24-11-2-6-16-30(24)41(29)36-37(42-31-17-7-3-12-25(31)26-13-4-8-18-32(26)42)43-33-19-21-38-22-28(33)34-27(35(43)40-36)14-9-20-39-34/h1-22H. The van der Waals surface area contributed by atoms with Crippen molar-refractivity contribution in [1.29, 1.82) is 0 Å². The highest BCUT2D eigenvalue weighted by Crippen LogP contribution is 2.40. The molecule has 200 valence electrons. The normalized spacial score (nSPS) is 12.2. The van der Waals surface area contributed by atoms with E-state index in [2.05, 4.69) is 128 Å². The number of rotatable bonds is 2. The van der Waals surface area contributed by atoms with Crippen LogP contribution >= 0.6 is 0 Å². The zero-order valence-corrected chi connectivity index (χ0v) is 22.9. The first-order valence-electron chi connectivity index (χ1n) is 14.4. The van der Waals surface area contributed by atoms with Crippen LogP contribution in [0.5, 0.6) is 0 Å². The molecule has 0 unspecified atom stereocenters. The van der Waals surface area contributed by atoms with Gasteiger partial charge in [-0.05, 0) is 42.5 Å². The molecule has 0 aliphatic carbocycles. The lowest BCUT2D eigenvalue weighted by Crippen LogP contribution is -2.06. The molecule has 4 aromatic carbocycles. The molecule has 6 aromatic heterocycles. The van der Waals surface area contributed by atoms with Crippen molar-refractivity contribution in [3.63, 3.8) is 0 Å². The Hall–Kier alpha value is -6.01. The first-order valence-corrected chi connectivity index (χ1v) is 14.4. The van der Waals surface area contributed by atoms with Crippen LogP contribution in [-0.2, 0) is 0 Å². The Morgan fingerprint density at radius 2 is 0.977 bits per heavy atom. The minimum atomic E-state index is 0.857. The summed E-state index contributed by atoms with van der Waals surface area (Å²) in [6.45, 7) is 0. The van der Waals surface area contributed by atoms with Gasteiger partial charge < -0.3 is 0 Å². The summed E-state index contributed by atoms with van der Waals surface area (Å²) >= 11 is 0. The molecule has 6 nitrogen and oxygen atoms in total. The van der Waals surface area contributed by atoms with Crippen LogP contribution < -0.4 is 0 Å². The van der Waals surface area contributed by atoms with Crippen LogP contribution in [0.4, 0.5) is 0 Å². The van der Waals surface area contributed by atoms with Crippen molar-refractivity contribution in [2.24, 2.45) is 0 Å². The zero-order valence-electron chi connectivity index (χ0n) is 22.9. The summed E-state index contributed by atoms with van der Waals surface area (Å²) in [6.07, 6.45) is 5.61. The molecule has 0 aliphatic heterocycles. The van der Waals surface area contributed by atoms with E-state index >= 15 is 0 Å². The highest BCUT2D eigenvalue weighted by Gasteiger charge is 2.26. The zero-order chi connectivity index (χ0) is 28.1. The fourth-order valence-corrected chi connectivity index (χ4v) is 7.03. The van der Waals surface area contributed by atoms with Gasteiger partial charge in [-0.2, -0.15) is 0 Å². The van der Waals surface area contributed by atoms with Crippen molar-refractivity contribution in [2.45, 2.75) is 0 Å². The van der Waals surface area contributed by atoms with E-state index in [1.807, 2.05) is 24.7 Å². The predicted octanol–water partition coefficient (Wildman–Crippen LogP) is 8.62. The smallest absolute Gasteiger partial charge is 0.182 e. The molecular formula is C37H22N6. The van der Waals surface area contributed by atoms with Crippen LogP contribution in [0.25, 0.3) is 82.7 Å². The fourth-order valence-electron chi connectivity index (χ4n) is 7.03. The maximum Gasteiger partial charge on any atom is 0.182 e. The van der Waals surface area contributed by atoms with Gasteiger partial charge in [-0.3, -0.25) is 23.5 Å². The summed E-state index contributed by atoms with van der Waals surface area (Å²) in [7, 11) is 0. The highest BCUT2D eigenvalue weighted by molar-refractivity contribution is 6.13. The van der Waals surface area contributed by atoms with E-state index < -0.39 is 0 Å². The second kappa shape index (κ2) is 8.27. The van der Waals surface area contributed by atoms with E-state index in [4.69, 9.17) is 9.97 Å². The van der Waals surface area contributed by atoms with Gasteiger partial charge in [-0.1, -0.05) is 72.8 Å². The molecular weight excluding hydrogens is 528 g/mol. The van der Waals surface area contributed by atoms with Crippen LogP contribution in [0, 0.1) is 0 Å². The molecule has 6 heterocycles. The third-order valence-corrected chi connectivity index (χ3v) is 8.76. The van der Waals surface area contributed by atoms with Gasteiger partial charge in [0, 0.05) is 50.9 Å². The summed E-state index contributed by atoms with van der Waals surface area (Å²) in [5, 5.41) is 6.77. The van der Waals surface area contributed by atoms with Gasteiger partial charge in [0.1, 0.15) is 0 Å². The Bertz CT molecular complexity index is 2640. The molecule has 10 aromatic rings. The largest absolute Gasteiger partial charge is 0.292 e. The Kier molecular flexibility index (Phi) is 4.36. The second-order valence-corrected chi connectivity index (χ2v) is 10.9. The van der Waals surface area contributed by atoms with Crippen LogP contribution in [0.3, 0.4) is 0 Å². The van der Waals surface area contributed by atoms with E-state index in [9.17, 15) is 0 Å². The minimum Gasteiger partial charge on any atom is -0.292 e. The molecule has 0 N–H and O–H groups in total. The van der Waals surface area contributed by atoms with Crippen molar-refractivity contribution in [3.05, 3.63) is 134 Å². The lowest BCUT2D eigenvalue weighted by molar-refractivity contribution is 1.02. The average molecular weight is 551 g/mol. The monoisotopic (exact) mass is 550 g/mol. The number of pyridine rings is 3. The predicted molar refractivity (Wildman–Crippen MR) is 174 cm³/mol. The molecule has 10 rings (SSSR count). The summed E-state index contributed by atoms with van der Waals surface area (Å²) < 4.78 is 7.01. The topological polar surface area (TPSA) is 52.9 Å². The molecule has 0 amide bonds. The van der Waals surface area contributed by atoms with Crippen LogP contribution in [-0.4, -0.2) is 28.5 Å². The minimum absolute atomic E-state index is 0.857. The highest BCUT2D eigenvalue weighted by atomic mass is 15.2. The molecule has 0 saturated heterocycles. The van der Waals surface area contributed by atoms with E-state index in [0.717, 1.165) is 61.2 Å². The number of nitrogens with zero attached hydrogens (tertiary/aromatic N) is 6. The first-order chi connectivity index (χ1) is 21.4. The van der Waals surface area contributed by atoms with E-state index in [1.165, 1.54) is 21.5 Å².